The molecule has 0 aromatic rings. The van der Waals surface area contributed by atoms with Gasteiger partial charge < -0.3 is 10.0 Å². The Bertz CT molecular complexity index is 330. The number of nitrogens with zero attached hydrogens (tertiary/aromatic N) is 4. The maximum absolute atomic E-state index is 9.55. The van der Waals surface area contributed by atoms with Crippen molar-refractivity contribution in [3.63, 3.8) is 0 Å². The molecule has 5 nitrogen and oxygen atoms in total. The van der Waals surface area contributed by atoms with Crippen LogP contribution in [0.3, 0.4) is 0 Å². The van der Waals surface area contributed by atoms with E-state index in [4.69, 9.17) is 5.26 Å². The smallest absolute Gasteiger partial charge is 0.226 e. The van der Waals surface area contributed by atoms with Gasteiger partial charge in [-0.1, -0.05) is 0 Å². The second kappa shape index (κ2) is 3.40. The molecular weight excluding hydrogens is 180 g/mol. The fourth-order valence-corrected chi connectivity index (χ4v) is 1.36. The van der Waals surface area contributed by atoms with Crippen LogP contribution >= 0.6 is 0 Å². The molecule has 0 bridgehead atoms. The van der Waals surface area contributed by atoms with Crippen LogP contribution in [0.5, 0.6) is 0 Å². The largest absolute Gasteiger partial charge is 0.355 e. The van der Waals surface area contributed by atoms with Gasteiger partial charge in [-0.3, -0.25) is 4.90 Å². The van der Waals surface area contributed by atoms with E-state index in [1.165, 1.54) is 0 Å². The lowest BCUT2D eigenvalue weighted by Crippen LogP contribution is -2.36. The first-order valence-corrected chi connectivity index (χ1v) is 4.51. The van der Waals surface area contributed by atoms with Crippen LogP contribution in [-0.4, -0.2) is 46.2 Å². The van der Waals surface area contributed by atoms with E-state index in [-0.39, 0.29) is 6.04 Å². The summed E-state index contributed by atoms with van der Waals surface area (Å²) in [5.74, 6) is 0. The number of hydrogen-bond donors (Lipinski definition) is 1. The highest BCUT2D eigenvalue weighted by molar-refractivity contribution is 5.93. The molecule has 74 valence electrons. The van der Waals surface area contributed by atoms with Gasteiger partial charge in [-0.25, -0.2) is 4.99 Å². The molecule has 1 N–H and O–H groups in total. The molecule has 0 spiro atoms. The Kier molecular flexibility index (Phi) is 2.23. The van der Waals surface area contributed by atoms with Crippen LogP contribution in [0.15, 0.2) is 17.3 Å². The average molecular weight is 192 g/mol. The van der Waals surface area contributed by atoms with Gasteiger partial charge in [0.2, 0.25) is 6.35 Å². The van der Waals surface area contributed by atoms with Crippen molar-refractivity contribution in [1.82, 2.24) is 9.80 Å². The minimum atomic E-state index is -0.806. The van der Waals surface area contributed by atoms with Crippen molar-refractivity contribution in [3.05, 3.63) is 12.3 Å². The van der Waals surface area contributed by atoms with Crippen LogP contribution in [0.1, 0.15) is 6.92 Å². The lowest BCUT2D eigenvalue weighted by molar-refractivity contribution is 0.0270. The third-order valence-electron chi connectivity index (χ3n) is 2.33. The molecule has 14 heavy (non-hydrogen) atoms. The van der Waals surface area contributed by atoms with Gasteiger partial charge >= 0.3 is 0 Å². The van der Waals surface area contributed by atoms with Gasteiger partial charge in [0.25, 0.3) is 0 Å². The molecule has 2 aliphatic rings. The summed E-state index contributed by atoms with van der Waals surface area (Å²) in [6, 6.07) is 2.18. The molecule has 2 rings (SSSR count). The number of aliphatic hydroxyl groups is 1. The summed E-state index contributed by atoms with van der Waals surface area (Å²) < 4.78 is 0. The summed E-state index contributed by atoms with van der Waals surface area (Å²) in [4.78, 5) is 7.66. The SMILES string of the molecule is CC1=NC(O)N(CN2CC2C#N)C=C1. The third kappa shape index (κ3) is 1.76. The van der Waals surface area contributed by atoms with Crippen molar-refractivity contribution in [1.29, 1.82) is 5.26 Å². The standard InChI is InChI=1S/C9H12N4O/c1-7-2-3-12(9(14)11-7)6-13-5-8(13)4-10/h2-3,8-9,14H,5-6H2,1H3. The summed E-state index contributed by atoms with van der Waals surface area (Å²) in [5, 5.41) is 18.1. The maximum Gasteiger partial charge on any atom is 0.226 e. The molecule has 0 amide bonds. The molecule has 0 radical (unpaired) electrons. The Labute approximate surface area is 82.6 Å². The van der Waals surface area contributed by atoms with Crippen molar-refractivity contribution in [2.24, 2.45) is 4.99 Å². The van der Waals surface area contributed by atoms with Crippen LogP contribution in [0, 0.1) is 11.3 Å². The van der Waals surface area contributed by atoms with Crippen LogP contribution in [-0.2, 0) is 0 Å². The summed E-state index contributed by atoms with van der Waals surface area (Å²) in [6.07, 6.45) is 2.84. The third-order valence-corrected chi connectivity index (χ3v) is 2.33. The molecule has 3 unspecified atom stereocenters. The summed E-state index contributed by atoms with van der Waals surface area (Å²) in [7, 11) is 0. The van der Waals surface area contributed by atoms with E-state index >= 15 is 0 Å². The van der Waals surface area contributed by atoms with Crippen LogP contribution in [0.2, 0.25) is 0 Å². The number of allylic oxidation sites excluding steroid dienone is 1. The van der Waals surface area contributed by atoms with Gasteiger partial charge in [0.15, 0.2) is 0 Å². The Morgan fingerprint density at radius 3 is 3.14 bits per heavy atom. The first-order chi connectivity index (χ1) is 6.70. The highest BCUT2D eigenvalue weighted by Gasteiger charge is 2.35. The number of hydrogen-bond acceptors (Lipinski definition) is 5. The summed E-state index contributed by atoms with van der Waals surface area (Å²) >= 11 is 0. The summed E-state index contributed by atoms with van der Waals surface area (Å²) in [5.41, 5.74) is 0.816. The second-order valence-corrected chi connectivity index (χ2v) is 3.50. The fraction of sp³-hybridized carbons (Fsp3) is 0.556. The number of aliphatic hydroxyl groups excluding tert-OH is 1. The lowest BCUT2D eigenvalue weighted by Gasteiger charge is -2.26. The first-order valence-electron chi connectivity index (χ1n) is 4.51. The van der Waals surface area contributed by atoms with Crippen molar-refractivity contribution < 1.29 is 5.11 Å². The van der Waals surface area contributed by atoms with E-state index in [1.807, 2.05) is 17.9 Å². The zero-order chi connectivity index (χ0) is 10.1. The van der Waals surface area contributed by atoms with Gasteiger partial charge in [0.1, 0.15) is 6.04 Å². The van der Waals surface area contributed by atoms with Crippen LogP contribution in [0.4, 0.5) is 0 Å². The van der Waals surface area contributed by atoms with Gasteiger partial charge in [-0.2, -0.15) is 5.26 Å². The van der Waals surface area contributed by atoms with Gasteiger partial charge in [0.05, 0.1) is 12.7 Å². The molecular formula is C9H12N4O. The van der Waals surface area contributed by atoms with E-state index in [9.17, 15) is 5.11 Å². The molecule has 0 aliphatic carbocycles. The van der Waals surface area contributed by atoms with Gasteiger partial charge in [-0.15, -0.1) is 0 Å². The van der Waals surface area contributed by atoms with Crippen LogP contribution < -0.4 is 0 Å². The van der Waals surface area contributed by atoms with Crippen molar-refractivity contribution in [2.45, 2.75) is 19.3 Å². The van der Waals surface area contributed by atoms with E-state index in [0.29, 0.717) is 6.67 Å². The van der Waals surface area contributed by atoms with Crippen molar-refractivity contribution in [2.75, 3.05) is 13.2 Å². The quantitative estimate of drug-likeness (QED) is 0.611. The zero-order valence-corrected chi connectivity index (χ0v) is 7.96. The predicted molar refractivity (Wildman–Crippen MR) is 51.1 cm³/mol. The molecule has 0 saturated carbocycles. The van der Waals surface area contributed by atoms with Crippen LogP contribution in [0.25, 0.3) is 0 Å². The zero-order valence-electron chi connectivity index (χ0n) is 7.96. The number of nitriles is 1. The normalized spacial score (nSPS) is 35.1. The molecule has 1 fully saturated rings. The molecule has 0 aromatic heterocycles. The fourth-order valence-electron chi connectivity index (χ4n) is 1.36. The second-order valence-electron chi connectivity index (χ2n) is 3.50. The average Bonchev–Trinajstić information content (AvgIpc) is 2.89. The lowest BCUT2D eigenvalue weighted by atomic mass is 10.3. The Morgan fingerprint density at radius 2 is 2.57 bits per heavy atom. The highest BCUT2D eigenvalue weighted by Crippen LogP contribution is 2.18. The Hall–Kier alpha value is -1.38. The minimum absolute atomic E-state index is 0.0163. The molecule has 0 aromatic carbocycles. The maximum atomic E-state index is 9.55. The number of rotatable bonds is 2. The van der Waals surface area contributed by atoms with E-state index in [1.54, 1.807) is 11.1 Å². The van der Waals surface area contributed by atoms with Crippen molar-refractivity contribution in [3.8, 4) is 6.07 Å². The minimum Gasteiger partial charge on any atom is -0.355 e. The Balaban J connectivity index is 1.89. The first kappa shape index (κ1) is 9.19. The molecule has 2 aliphatic heterocycles. The van der Waals surface area contributed by atoms with Gasteiger partial charge in [0, 0.05) is 18.5 Å². The number of aliphatic imine (C=N–C) groups is 1. The van der Waals surface area contributed by atoms with E-state index in [2.05, 4.69) is 11.1 Å². The predicted octanol–water partition coefficient (Wildman–Crippen LogP) is -0.282. The van der Waals surface area contributed by atoms with E-state index in [0.717, 1.165) is 12.3 Å². The van der Waals surface area contributed by atoms with E-state index < -0.39 is 6.35 Å². The van der Waals surface area contributed by atoms with Gasteiger partial charge in [-0.05, 0) is 13.0 Å². The Morgan fingerprint density at radius 1 is 1.79 bits per heavy atom. The monoisotopic (exact) mass is 192 g/mol. The molecule has 5 heteroatoms. The topological polar surface area (TPSA) is 62.6 Å². The highest BCUT2D eigenvalue weighted by atomic mass is 16.3. The molecule has 2 heterocycles. The molecule has 3 atom stereocenters. The summed E-state index contributed by atoms with van der Waals surface area (Å²) in [6.45, 7) is 3.19. The van der Waals surface area contributed by atoms with Crippen molar-refractivity contribution >= 4 is 5.71 Å². The molecule has 1 saturated heterocycles.